The molecule has 0 aromatic carbocycles. The van der Waals surface area contributed by atoms with E-state index in [0.29, 0.717) is 6.54 Å². The van der Waals surface area contributed by atoms with Crippen molar-refractivity contribution in [2.75, 3.05) is 6.54 Å². The van der Waals surface area contributed by atoms with Crippen molar-refractivity contribution in [1.82, 2.24) is 5.32 Å². The quantitative estimate of drug-likeness (QED) is 0.330. The normalized spacial score (nSPS) is 15.1. The van der Waals surface area contributed by atoms with Crippen molar-refractivity contribution in [3.8, 4) is 0 Å². The van der Waals surface area contributed by atoms with Gasteiger partial charge in [-0.05, 0) is 13.0 Å². The molecule has 0 aromatic heterocycles. The second kappa shape index (κ2) is 4.17. The molecule has 0 amide bonds. The van der Waals surface area contributed by atoms with Crippen LogP contribution in [0.25, 0.3) is 0 Å². The van der Waals surface area contributed by atoms with Crippen LogP contribution in [0, 0.1) is 0 Å². The summed E-state index contributed by atoms with van der Waals surface area (Å²) in [7, 11) is -4.02. The van der Waals surface area contributed by atoms with Gasteiger partial charge in [-0.15, -0.1) is 12.6 Å². The lowest BCUT2D eigenvalue weighted by Crippen LogP contribution is -2.31. The lowest BCUT2D eigenvalue weighted by atomic mass is 10.5. The molecular weight excluding hydrogens is 174 g/mol. The predicted molar refractivity (Wildman–Crippen MR) is 42.6 cm³/mol. The van der Waals surface area contributed by atoms with Crippen molar-refractivity contribution in [2.45, 2.75) is 18.1 Å². The largest absolute Gasteiger partial charge is 0.291 e. The summed E-state index contributed by atoms with van der Waals surface area (Å²) in [5.41, 5.74) is 0. The average molecular weight is 185 g/mol. The van der Waals surface area contributed by atoms with E-state index < -0.39 is 14.8 Å². The van der Waals surface area contributed by atoms with E-state index in [0.717, 1.165) is 6.42 Å². The number of hydrogen-bond acceptors (Lipinski definition) is 4. The summed E-state index contributed by atoms with van der Waals surface area (Å²) in [6, 6.07) is 0. The number of hydrogen-bond donors (Lipinski definition) is 3. The first-order valence-corrected chi connectivity index (χ1v) is 4.88. The Bertz CT molecular complexity index is 177. The zero-order valence-electron chi connectivity index (χ0n) is 5.61. The van der Waals surface area contributed by atoms with E-state index in [9.17, 15) is 8.42 Å². The minimum atomic E-state index is -4.02. The van der Waals surface area contributed by atoms with Gasteiger partial charge in [-0.3, -0.25) is 9.87 Å². The molecule has 62 valence electrons. The second-order valence-electron chi connectivity index (χ2n) is 1.82. The summed E-state index contributed by atoms with van der Waals surface area (Å²) in [5.74, 6) is 0. The monoisotopic (exact) mass is 185 g/mol. The van der Waals surface area contributed by atoms with Gasteiger partial charge in [0.05, 0.1) is 0 Å². The molecule has 0 aliphatic heterocycles. The molecule has 0 rings (SSSR count). The van der Waals surface area contributed by atoms with Gasteiger partial charge < -0.3 is 0 Å². The molecular formula is C4H11NO3S2. The van der Waals surface area contributed by atoms with Crippen LogP contribution >= 0.6 is 12.6 Å². The van der Waals surface area contributed by atoms with Crippen LogP contribution in [0.4, 0.5) is 0 Å². The molecule has 0 aliphatic rings. The number of rotatable bonds is 4. The molecule has 1 atom stereocenters. The second-order valence-corrected chi connectivity index (χ2v) is 4.19. The summed E-state index contributed by atoms with van der Waals surface area (Å²) in [5, 5.41) is 2.50. The summed E-state index contributed by atoms with van der Waals surface area (Å²) >= 11 is 3.60. The Labute approximate surface area is 66.2 Å². The van der Waals surface area contributed by atoms with E-state index in [4.69, 9.17) is 4.55 Å². The molecule has 0 saturated heterocycles. The summed E-state index contributed by atoms with van der Waals surface area (Å²) < 4.78 is 27.7. The summed E-state index contributed by atoms with van der Waals surface area (Å²) in [6.07, 6.45) is 0.798. The van der Waals surface area contributed by atoms with E-state index in [1.165, 1.54) is 0 Å². The van der Waals surface area contributed by atoms with Gasteiger partial charge in [-0.1, -0.05) is 6.92 Å². The molecule has 0 radical (unpaired) electrons. The molecule has 6 heteroatoms. The average Bonchev–Trinajstić information content (AvgIpc) is 1.80. The van der Waals surface area contributed by atoms with Gasteiger partial charge in [0.15, 0.2) is 4.71 Å². The van der Waals surface area contributed by atoms with Crippen LogP contribution in [-0.2, 0) is 10.1 Å². The van der Waals surface area contributed by atoms with Gasteiger partial charge >= 0.3 is 0 Å². The summed E-state index contributed by atoms with van der Waals surface area (Å²) in [6.45, 7) is 2.41. The van der Waals surface area contributed by atoms with E-state index in [1.54, 1.807) is 0 Å². The van der Waals surface area contributed by atoms with Crippen LogP contribution < -0.4 is 5.32 Å². The van der Waals surface area contributed by atoms with Crippen molar-refractivity contribution in [2.24, 2.45) is 0 Å². The van der Waals surface area contributed by atoms with Crippen LogP contribution in [-0.4, -0.2) is 24.2 Å². The first kappa shape index (κ1) is 10.2. The third kappa shape index (κ3) is 4.10. The van der Waals surface area contributed by atoms with E-state index >= 15 is 0 Å². The first-order valence-electron chi connectivity index (χ1n) is 2.86. The Kier molecular flexibility index (Phi) is 4.26. The van der Waals surface area contributed by atoms with Crippen molar-refractivity contribution in [3.63, 3.8) is 0 Å². The Balaban J connectivity index is 3.75. The summed E-state index contributed by atoms with van der Waals surface area (Å²) in [4.78, 5) is 0. The fourth-order valence-electron chi connectivity index (χ4n) is 0.373. The van der Waals surface area contributed by atoms with Crippen LogP contribution in [0.1, 0.15) is 13.3 Å². The third-order valence-electron chi connectivity index (χ3n) is 0.851. The van der Waals surface area contributed by atoms with E-state index in [1.807, 2.05) is 6.92 Å². The van der Waals surface area contributed by atoms with Gasteiger partial charge in [0, 0.05) is 0 Å². The van der Waals surface area contributed by atoms with Gasteiger partial charge in [0.2, 0.25) is 0 Å². The molecule has 10 heavy (non-hydrogen) atoms. The van der Waals surface area contributed by atoms with E-state index in [-0.39, 0.29) is 0 Å². The Morgan fingerprint density at radius 3 is 2.50 bits per heavy atom. The number of nitrogens with one attached hydrogen (secondary N) is 1. The van der Waals surface area contributed by atoms with Crippen LogP contribution in [0.5, 0.6) is 0 Å². The lowest BCUT2D eigenvalue weighted by molar-refractivity contribution is 0.471. The van der Waals surface area contributed by atoms with Crippen molar-refractivity contribution >= 4 is 22.7 Å². The van der Waals surface area contributed by atoms with Crippen molar-refractivity contribution in [3.05, 3.63) is 0 Å². The molecule has 0 bridgehead atoms. The Hall–Kier alpha value is 0.220. The highest BCUT2D eigenvalue weighted by Gasteiger charge is 2.15. The fraction of sp³-hybridized carbons (Fsp3) is 1.00. The lowest BCUT2D eigenvalue weighted by Gasteiger charge is -2.07. The maximum Gasteiger partial charge on any atom is 0.290 e. The number of thiol groups is 1. The minimum absolute atomic E-state index is 0.522. The molecule has 4 nitrogen and oxygen atoms in total. The molecule has 0 aromatic rings. The minimum Gasteiger partial charge on any atom is -0.291 e. The molecule has 0 aliphatic carbocycles. The smallest absolute Gasteiger partial charge is 0.290 e. The standard InChI is InChI=1S/C4H11NO3S2/c1-2-3-5-4(9)10(6,7)8/h4-5,9H,2-3H2,1H3,(H,6,7,8). The predicted octanol–water partition coefficient (Wildman–Crippen LogP) is 0.0872. The molecule has 0 heterocycles. The highest BCUT2D eigenvalue weighted by Crippen LogP contribution is 1.98. The van der Waals surface area contributed by atoms with Crippen LogP contribution in [0.2, 0.25) is 0 Å². The van der Waals surface area contributed by atoms with Gasteiger partial charge in [0.1, 0.15) is 0 Å². The van der Waals surface area contributed by atoms with Crippen molar-refractivity contribution in [1.29, 1.82) is 0 Å². The maximum atomic E-state index is 10.3. The fourth-order valence-corrected chi connectivity index (χ4v) is 0.831. The topological polar surface area (TPSA) is 66.4 Å². The Morgan fingerprint density at radius 2 is 2.20 bits per heavy atom. The van der Waals surface area contributed by atoms with E-state index in [2.05, 4.69) is 17.9 Å². The molecule has 1 unspecified atom stereocenters. The third-order valence-corrected chi connectivity index (χ3v) is 2.56. The van der Waals surface area contributed by atoms with Gasteiger partial charge in [0.25, 0.3) is 10.1 Å². The zero-order valence-corrected chi connectivity index (χ0v) is 7.32. The molecule has 2 N–H and O–H groups in total. The first-order chi connectivity index (χ1) is 4.48. The molecule has 0 spiro atoms. The van der Waals surface area contributed by atoms with Gasteiger partial charge in [-0.25, -0.2) is 0 Å². The highest BCUT2D eigenvalue weighted by atomic mass is 32.3. The highest BCUT2D eigenvalue weighted by molar-refractivity contribution is 8.01. The maximum absolute atomic E-state index is 10.3. The van der Waals surface area contributed by atoms with Crippen molar-refractivity contribution < 1.29 is 13.0 Å². The molecule has 0 saturated carbocycles. The Morgan fingerprint density at radius 1 is 1.70 bits per heavy atom. The van der Waals surface area contributed by atoms with Crippen LogP contribution in [0.3, 0.4) is 0 Å². The van der Waals surface area contributed by atoms with Crippen LogP contribution in [0.15, 0.2) is 0 Å². The van der Waals surface area contributed by atoms with Gasteiger partial charge in [-0.2, -0.15) is 8.42 Å². The molecule has 0 fully saturated rings. The zero-order chi connectivity index (χ0) is 8.20. The SMILES string of the molecule is CCCNC(S)S(=O)(=O)O.